The Kier molecular flexibility index (Phi) is 6.75. The molecular weight excluding hydrogens is 428 g/mol. The number of hydrogen-bond acceptors (Lipinski definition) is 11. The maximum atomic E-state index is 12.0. The van der Waals surface area contributed by atoms with Gasteiger partial charge in [-0.05, 0) is 24.3 Å². The average Bonchev–Trinajstić information content (AvgIpc) is 2.90. The summed E-state index contributed by atoms with van der Waals surface area (Å²) < 4.78 is 60.9. The molecule has 0 spiro atoms. The van der Waals surface area contributed by atoms with Crippen molar-refractivity contribution in [2.75, 3.05) is 6.61 Å². The summed E-state index contributed by atoms with van der Waals surface area (Å²) in [6.07, 6.45) is -7.23. The molecule has 5 atom stereocenters. The summed E-state index contributed by atoms with van der Waals surface area (Å²) in [4.78, 5) is 58.5. The Morgan fingerprint density at radius 3 is 2.00 bits per heavy atom. The highest BCUT2D eigenvalue weighted by atomic mass is 16.7. The van der Waals surface area contributed by atoms with Crippen LogP contribution in [0.1, 0.15) is 43.4 Å². The summed E-state index contributed by atoms with van der Waals surface area (Å²) in [6, 6.07) is 5.62. The molecular formula is C21H24O11. The second-order valence-electron chi connectivity index (χ2n) is 6.39. The number of hydrogen-bond donors (Lipinski definition) is 0. The molecule has 1 aromatic rings. The zero-order chi connectivity index (χ0) is 26.7. The molecule has 1 unspecified atom stereocenters. The number of esters is 4. The van der Waals surface area contributed by atoms with E-state index in [1.165, 1.54) is 24.3 Å². The summed E-state index contributed by atoms with van der Waals surface area (Å²) in [6.45, 7) is -3.86. The van der Waals surface area contributed by atoms with E-state index in [9.17, 15) is 24.0 Å². The third kappa shape index (κ3) is 7.05. The first-order valence-electron chi connectivity index (χ1n) is 11.9. The van der Waals surface area contributed by atoms with Crippen molar-refractivity contribution in [3.63, 3.8) is 0 Å². The number of aldehydes is 1. The zero-order valence-corrected chi connectivity index (χ0v) is 16.8. The van der Waals surface area contributed by atoms with Crippen molar-refractivity contribution in [3.8, 4) is 5.75 Å². The summed E-state index contributed by atoms with van der Waals surface area (Å²) in [5, 5.41) is 0. The van der Waals surface area contributed by atoms with Crippen molar-refractivity contribution < 1.29 is 57.9 Å². The van der Waals surface area contributed by atoms with Gasteiger partial charge >= 0.3 is 23.9 Å². The Balaban J connectivity index is 2.49. The summed E-state index contributed by atoms with van der Waals surface area (Å²) in [7, 11) is 0. The highest BCUT2D eigenvalue weighted by Crippen LogP contribution is 2.31. The van der Waals surface area contributed by atoms with Gasteiger partial charge in [0.2, 0.25) is 12.4 Å². The van der Waals surface area contributed by atoms with Gasteiger partial charge in [0, 0.05) is 38.6 Å². The van der Waals surface area contributed by atoms with Crippen LogP contribution in [0.5, 0.6) is 5.75 Å². The van der Waals surface area contributed by atoms with Crippen LogP contribution in [-0.2, 0) is 42.9 Å². The SMILES string of the molecule is [2H]CC(=O)OC[C@H]1OC(Oc2ccc(C=O)cc2)[C@H](OC(=O)C[2H])[C@@H](OC(=O)C[2H])[C@H]1OC(=O)C[2H]. The van der Waals surface area contributed by atoms with Crippen molar-refractivity contribution in [1.29, 1.82) is 0 Å². The Hall–Kier alpha value is -3.47. The molecule has 2 rings (SSSR count). The van der Waals surface area contributed by atoms with Gasteiger partial charge in [-0.2, -0.15) is 0 Å². The number of carbonyl (C=O) groups is 5. The van der Waals surface area contributed by atoms with E-state index in [-0.39, 0.29) is 5.75 Å². The molecule has 0 aliphatic carbocycles. The van der Waals surface area contributed by atoms with Crippen LogP contribution in [0.15, 0.2) is 24.3 Å². The van der Waals surface area contributed by atoms with E-state index in [1.54, 1.807) is 0 Å². The predicted molar refractivity (Wildman–Crippen MR) is 104 cm³/mol. The Morgan fingerprint density at radius 1 is 0.875 bits per heavy atom. The van der Waals surface area contributed by atoms with Crippen LogP contribution in [0.25, 0.3) is 0 Å². The molecule has 0 bridgehead atoms. The van der Waals surface area contributed by atoms with E-state index in [0.717, 1.165) is 0 Å². The lowest BCUT2D eigenvalue weighted by Crippen LogP contribution is -2.63. The Morgan fingerprint density at radius 2 is 1.44 bits per heavy atom. The minimum Gasteiger partial charge on any atom is -0.463 e. The lowest BCUT2D eigenvalue weighted by Gasteiger charge is -2.43. The summed E-state index contributed by atoms with van der Waals surface area (Å²) in [5.41, 5.74) is 0.328. The lowest BCUT2D eigenvalue weighted by atomic mass is 9.98. The molecule has 0 N–H and O–H groups in total. The molecule has 1 saturated heterocycles. The molecule has 0 amide bonds. The number of ether oxygens (including phenoxy) is 6. The van der Waals surface area contributed by atoms with Crippen LogP contribution in [0.2, 0.25) is 0 Å². The third-order valence-corrected chi connectivity index (χ3v) is 4.07. The van der Waals surface area contributed by atoms with Gasteiger partial charge in [-0.1, -0.05) is 0 Å². The van der Waals surface area contributed by atoms with E-state index in [0.29, 0.717) is 11.8 Å². The topological polar surface area (TPSA) is 141 Å². The van der Waals surface area contributed by atoms with Crippen LogP contribution >= 0.6 is 0 Å². The summed E-state index contributed by atoms with van der Waals surface area (Å²) >= 11 is 0. The molecule has 0 saturated carbocycles. The first-order valence-corrected chi connectivity index (χ1v) is 9.04. The molecule has 1 fully saturated rings. The van der Waals surface area contributed by atoms with Gasteiger partial charge in [-0.15, -0.1) is 0 Å². The first kappa shape index (κ1) is 19.2. The van der Waals surface area contributed by atoms with Gasteiger partial charge in [0.15, 0.2) is 12.2 Å². The number of benzene rings is 1. The lowest BCUT2D eigenvalue weighted by molar-refractivity contribution is -0.288. The van der Waals surface area contributed by atoms with Crippen molar-refractivity contribution in [2.45, 2.75) is 58.3 Å². The molecule has 1 aromatic carbocycles. The first-order chi connectivity index (χ1) is 17.3. The molecule has 1 aliphatic heterocycles. The molecule has 1 heterocycles. The van der Waals surface area contributed by atoms with E-state index in [2.05, 4.69) is 0 Å². The van der Waals surface area contributed by atoms with Gasteiger partial charge in [-0.25, -0.2) is 0 Å². The standard InChI is InChI=1S/C21H24O11/c1-11(23)27-10-17-18(28-12(2)24)19(29-13(3)25)20(30-14(4)26)21(32-17)31-16-7-5-15(9-22)6-8-16/h5-9,17-21H,10H2,1-4H3/t17-,18+,19+,20-,21?/m1/s1/i1D,2D,3D,4D. The predicted octanol–water partition coefficient (Wildman–Crippen LogP) is 0.961. The van der Waals surface area contributed by atoms with Crippen LogP contribution in [0, 0.1) is 0 Å². The highest BCUT2D eigenvalue weighted by molar-refractivity contribution is 5.74. The Bertz CT molecular complexity index is 927. The molecule has 1 aliphatic rings. The second kappa shape index (κ2) is 11.2. The van der Waals surface area contributed by atoms with E-state index >= 15 is 0 Å². The van der Waals surface area contributed by atoms with Crippen molar-refractivity contribution in [1.82, 2.24) is 0 Å². The van der Waals surface area contributed by atoms with Crippen molar-refractivity contribution in [2.24, 2.45) is 0 Å². The van der Waals surface area contributed by atoms with E-state index < -0.39 is 88.8 Å². The molecule has 11 heteroatoms. The van der Waals surface area contributed by atoms with Gasteiger partial charge in [0.1, 0.15) is 24.7 Å². The average molecular weight is 456 g/mol. The monoisotopic (exact) mass is 456 g/mol. The minimum absolute atomic E-state index is 0.117. The van der Waals surface area contributed by atoms with Gasteiger partial charge < -0.3 is 28.4 Å². The van der Waals surface area contributed by atoms with Crippen LogP contribution in [-0.4, -0.2) is 67.5 Å². The fourth-order valence-electron chi connectivity index (χ4n) is 2.90. The molecule has 11 nitrogen and oxygen atoms in total. The smallest absolute Gasteiger partial charge is 0.303 e. The number of carbonyl (C=O) groups excluding carboxylic acids is 5. The largest absolute Gasteiger partial charge is 0.463 e. The minimum atomic E-state index is -1.65. The fraction of sp³-hybridized carbons (Fsp3) is 0.476. The van der Waals surface area contributed by atoms with E-state index in [4.69, 9.17) is 33.9 Å². The third-order valence-electron chi connectivity index (χ3n) is 4.07. The molecule has 174 valence electrons. The van der Waals surface area contributed by atoms with Crippen molar-refractivity contribution in [3.05, 3.63) is 29.8 Å². The second-order valence-corrected chi connectivity index (χ2v) is 6.39. The fourth-order valence-corrected chi connectivity index (χ4v) is 2.90. The molecule has 0 radical (unpaired) electrons. The Labute approximate surface area is 189 Å². The van der Waals surface area contributed by atoms with Crippen molar-refractivity contribution >= 4 is 30.2 Å². The van der Waals surface area contributed by atoms with Gasteiger partial charge in [-0.3, -0.25) is 24.0 Å². The maximum absolute atomic E-state index is 12.0. The molecule has 0 aromatic heterocycles. The highest BCUT2D eigenvalue weighted by Gasteiger charge is 2.53. The van der Waals surface area contributed by atoms with Crippen LogP contribution in [0.4, 0.5) is 0 Å². The van der Waals surface area contributed by atoms with Gasteiger partial charge in [0.05, 0.1) is 0 Å². The number of rotatable bonds is 8. The van der Waals surface area contributed by atoms with Gasteiger partial charge in [0.25, 0.3) is 0 Å². The summed E-state index contributed by atoms with van der Waals surface area (Å²) in [5.74, 6) is -4.09. The normalized spacial score (nSPS) is 26.2. The van der Waals surface area contributed by atoms with Crippen LogP contribution < -0.4 is 4.74 Å². The molecule has 32 heavy (non-hydrogen) atoms. The van der Waals surface area contributed by atoms with E-state index in [1.807, 2.05) is 0 Å². The quantitative estimate of drug-likeness (QED) is 0.314. The maximum Gasteiger partial charge on any atom is 0.303 e. The van der Waals surface area contributed by atoms with Crippen LogP contribution in [0.3, 0.4) is 0 Å². The zero-order valence-electron chi connectivity index (χ0n) is 20.8.